The highest BCUT2D eigenvalue weighted by molar-refractivity contribution is 5.69. The van der Waals surface area contributed by atoms with Crippen molar-refractivity contribution < 1.29 is 23.1 Å². The zero-order chi connectivity index (χ0) is 19.4. The lowest BCUT2D eigenvalue weighted by Crippen LogP contribution is -2.42. The molecule has 0 spiro atoms. The van der Waals surface area contributed by atoms with E-state index in [2.05, 4.69) is 10.2 Å². The Labute approximate surface area is 157 Å². The SMILES string of the molecule is O=C(O)CN1CCC(c2cc(CN3CCNCC3)ccc2C(F)(F)F)CC1. The second-order valence-corrected chi connectivity index (χ2v) is 7.39. The number of hydrogen-bond acceptors (Lipinski definition) is 4. The van der Waals surface area contributed by atoms with E-state index in [1.807, 2.05) is 0 Å². The number of nitrogens with zero attached hydrogens (tertiary/aromatic N) is 2. The second kappa shape index (κ2) is 8.58. The van der Waals surface area contributed by atoms with Gasteiger partial charge in [0.15, 0.2) is 0 Å². The first-order valence-corrected chi connectivity index (χ1v) is 9.40. The summed E-state index contributed by atoms with van der Waals surface area (Å²) in [6, 6.07) is 4.53. The van der Waals surface area contributed by atoms with Gasteiger partial charge < -0.3 is 10.4 Å². The number of carbonyl (C=O) groups is 1. The van der Waals surface area contributed by atoms with Crippen LogP contribution in [0.2, 0.25) is 0 Å². The van der Waals surface area contributed by atoms with Crippen molar-refractivity contribution in [2.24, 2.45) is 0 Å². The van der Waals surface area contributed by atoms with Crippen molar-refractivity contribution in [1.82, 2.24) is 15.1 Å². The quantitative estimate of drug-likeness (QED) is 0.815. The molecule has 2 heterocycles. The highest BCUT2D eigenvalue weighted by Crippen LogP contribution is 2.39. The summed E-state index contributed by atoms with van der Waals surface area (Å²) in [6.07, 6.45) is -3.28. The summed E-state index contributed by atoms with van der Waals surface area (Å²) in [4.78, 5) is 14.9. The Morgan fingerprint density at radius 3 is 2.37 bits per heavy atom. The average molecular weight is 385 g/mol. The molecule has 0 unspecified atom stereocenters. The smallest absolute Gasteiger partial charge is 0.416 e. The van der Waals surface area contributed by atoms with Gasteiger partial charge in [-0.15, -0.1) is 0 Å². The minimum Gasteiger partial charge on any atom is -0.480 e. The molecular formula is C19H26F3N3O2. The van der Waals surface area contributed by atoms with Crippen LogP contribution in [-0.4, -0.2) is 66.7 Å². The van der Waals surface area contributed by atoms with E-state index in [1.54, 1.807) is 17.0 Å². The van der Waals surface area contributed by atoms with Crippen molar-refractivity contribution in [2.45, 2.75) is 31.5 Å². The van der Waals surface area contributed by atoms with Gasteiger partial charge in [-0.1, -0.05) is 12.1 Å². The fourth-order valence-corrected chi connectivity index (χ4v) is 4.03. The van der Waals surface area contributed by atoms with Gasteiger partial charge in [-0.25, -0.2) is 0 Å². The first-order chi connectivity index (χ1) is 12.8. The maximum Gasteiger partial charge on any atom is 0.416 e. The summed E-state index contributed by atoms with van der Waals surface area (Å²) in [5, 5.41) is 12.2. The van der Waals surface area contributed by atoms with Gasteiger partial charge in [0.2, 0.25) is 0 Å². The van der Waals surface area contributed by atoms with Crippen molar-refractivity contribution in [3.8, 4) is 0 Å². The number of piperidine rings is 1. The lowest BCUT2D eigenvalue weighted by Gasteiger charge is -2.33. The van der Waals surface area contributed by atoms with Crippen molar-refractivity contribution in [2.75, 3.05) is 45.8 Å². The molecule has 150 valence electrons. The maximum atomic E-state index is 13.5. The number of likely N-dealkylation sites (tertiary alicyclic amines) is 1. The van der Waals surface area contributed by atoms with Crippen LogP contribution < -0.4 is 5.32 Å². The molecule has 0 radical (unpaired) electrons. The number of benzene rings is 1. The molecule has 0 saturated carbocycles. The molecule has 0 aliphatic carbocycles. The van der Waals surface area contributed by atoms with Gasteiger partial charge in [0.05, 0.1) is 12.1 Å². The lowest BCUT2D eigenvalue weighted by atomic mass is 9.85. The van der Waals surface area contributed by atoms with E-state index in [0.29, 0.717) is 38.0 Å². The Morgan fingerprint density at radius 1 is 1.11 bits per heavy atom. The number of piperazine rings is 1. The molecule has 2 N–H and O–H groups in total. The third-order valence-electron chi connectivity index (χ3n) is 5.42. The maximum absolute atomic E-state index is 13.5. The van der Waals surface area contributed by atoms with Crippen LogP contribution in [0.1, 0.15) is 35.4 Å². The standard InChI is InChI=1S/C19H26F3N3O2/c20-19(21,22)17-2-1-14(12-25-9-5-23-6-10-25)11-16(17)15-3-7-24(8-4-15)13-18(26)27/h1-2,11,15,23H,3-10,12-13H2,(H,26,27). The van der Waals surface area contributed by atoms with Crippen LogP contribution in [0.15, 0.2) is 18.2 Å². The monoisotopic (exact) mass is 385 g/mol. The van der Waals surface area contributed by atoms with Gasteiger partial charge in [0.25, 0.3) is 0 Å². The molecule has 3 rings (SSSR count). The van der Waals surface area contributed by atoms with E-state index in [-0.39, 0.29) is 12.5 Å². The number of halogens is 3. The summed E-state index contributed by atoms with van der Waals surface area (Å²) >= 11 is 0. The second-order valence-electron chi connectivity index (χ2n) is 7.39. The van der Waals surface area contributed by atoms with Crippen molar-refractivity contribution in [3.05, 3.63) is 34.9 Å². The van der Waals surface area contributed by atoms with E-state index in [0.717, 1.165) is 31.7 Å². The molecule has 5 nitrogen and oxygen atoms in total. The van der Waals surface area contributed by atoms with E-state index >= 15 is 0 Å². The predicted molar refractivity (Wildman–Crippen MR) is 95.6 cm³/mol. The van der Waals surface area contributed by atoms with E-state index < -0.39 is 17.7 Å². The van der Waals surface area contributed by atoms with Crippen LogP contribution in [0.5, 0.6) is 0 Å². The van der Waals surface area contributed by atoms with Crippen LogP contribution in [0.25, 0.3) is 0 Å². The predicted octanol–water partition coefficient (Wildman–Crippen LogP) is 2.37. The minimum atomic E-state index is -4.37. The van der Waals surface area contributed by atoms with E-state index in [1.165, 1.54) is 6.07 Å². The van der Waals surface area contributed by atoms with Crippen LogP contribution in [-0.2, 0) is 17.5 Å². The largest absolute Gasteiger partial charge is 0.480 e. The number of aliphatic carboxylic acids is 1. The van der Waals surface area contributed by atoms with Crippen molar-refractivity contribution in [3.63, 3.8) is 0 Å². The van der Waals surface area contributed by atoms with E-state index in [9.17, 15) is 18.0 Å². The molecule has 8 heteroatoms. The topological polar surface area (TPSA) is 55.8 Å². The van der Waals surface area contributed by atoms with Crippen molar-refractivity contribution in [1.29, 1.82) is 0 Å². The molecule has 0 atom stereocenters. The Morgan fingerprint density at radius 2 is 1.78 bits per heavy atom. The van der Waals surface area contributed by atoms with Crippen LogP contribution in [0.4, 0.5) is 13.2 Å². The molecule has 2 aliphatic heterocycles. The summed E-state index contributed by atoms with van der Waals surface area (Å²) in [5.74, 6) is -1.09. The number of alkyl halides is 3. The Hall–Kier alpha value is -1.64. The fraction of sp³-hybridized carbons (Fsp3) is 0.632. The van der Waals surface area contributed by atoms with Crippen LogP contribution in [0, 0.1) is 0 Å². The van der Waals surface area contributed by atoms with Gasteiger partial charge in [0, 0.05) is 32.7 Å². The molecule has 2 aliphatic rings. The summed E-state index contributed by atoms with van der Waals surface area (Å²) in [6.45, 7) is 5.21. The summed E-state index contributed by atoms with van der Waals surface area (Å²) in [7, 11) is 0. The highest BCUT2D eigenvalue weighted by atomic mass is 19.4. The molecule has 27 heavy (non-hydrogen) atoms. The molecule has 0 bridgehead atoms. The van der Waals surface area contributed by atoms with Gasteiger partial charge in [-0.3, -0.25) is 14.6 Å². The van der Waals surface area contributed by atoms with Crippen molar-refractivity contribution >= 4 is 5.97 Å². The first kappa shape index (κ1) is 20.1. The normalized spacial score (nSPS) is 20.7. The van der Waals surface area contributed by atoms with Gasteiger partial charge in [-0.2, -0.15) is 13.2 Å². The summed E-state index contributed by atoms with van der Waals surface area (Å²) in [5.41, 5.74) is 0.723. The average Bonchev–Trinajstić information content (AvgIpc) is 2.62. The summed E-state index contributed by atoms with van der Waals surface area (Å²) < 4.78 is 40.6. The van der Waals surface area contributed by atoms with Crippen LogP contribution in [0.3, 0.4) is 0 Å². The molecule has 1 aromatic carbocycles. The number of carboxylic acid groups (broad SMARTS) is 1. The molecule has 1 aromatic rings. The fourth-order valence-electron chi connectivity index (χ4n) is 4.03. The number of carboxylic acids is 1. The number of hydrogen-bond donors (Lipinski definition) is 2. The lowest BCUT2D eigenvalue weighted by molar-refractivity contribution is -0.138. The molecule has 0 aromatic heterocycles. The van der Waals surface area contributed by atoms with Gasteiger partial charge in [-0.05, 0) is 49.0 Å². The van der Waals surface area contributed by atoms with Crippen LogP contribution >= 0.6 is 0 Å². The number of nitrogens with one attached hydrogen (secondary N) is 1. The molecule has 2 fully saturated rings. The van der Waals surface area contributed by atoms with Gasteiger partial charge in [0.1, 0.15) is 0 Å². The molecular weight excluding hydrogens is 359 g/mol. The molecule has 0 amide bonds. The third kappa shape index (κ3) is 5.43. The highest BCUT2D eigenvalue weighted by Gasteiger charge is 2.36. The first-order valence-electron chi connectivity index (χ1n) is 9.40. The zero-order valence-electron chi connectivity index (χ0n) is 15.3. The van der Waals surface area contributed by atoms with Gasteiger partial charge >= 0.3 is 12.1 Å². The molecule has 2 saturated heterocycles. The zero-order valence-corrected chi connectivity index (χ0v) is 15.3. The number of rotatable bonds is 5. The third-order valence-corrected chi connectivity index (χ3v) is 5.42. The van der Waals surface area contributed by atoms with E-state index in [4.69, 9.17) is 5.11 Å². The Balaban J connectivity index is 1.76. The minimum absolute atomic E-state index is 0.0537. The Kier molecular flexibility index (Phi) is 6.39. The Bertz CT molecular complexity index is 652.